The summed E-state index contributed by atoms with van der Waals surface area (Å²) in [6.45, 7) is 4.72. The van der Waals surface area contributed by atoms with Crippen LogP contribution in [0.25, 0.3) is 11.4 Å². The first-order valence-corrected chi connectivity index (χ1v) is 10.0. The fourth-order valence-electron chi connectivity index (χ4n) is 4.31. The molecule has 4 aromatic rings. The molecular formula is C23H20N6O. The molecule has 0 aliphatic carbocycles. The monoisotopic (exact) mass is 396 g/mol. The van der Waals surface area contributed by atoms with Crippen LogP contribution in [0.2, 0.25) is 0 Å². The first-order chi connectivity index (χ1) is 14.7. The van der Waals surface area contributed by atoms with Crippen molar-refractivity contribution >= 4 is 5.90 Å². The number of hydrogen-bond acceptors (Lipinski definition) is 5. The third-order valence-corrected chi connectivity index (χ3v) is 5.85. The Morgan fingerprint density at radius 1 is 1.07 bits per heavy atom. The van der Waals surface area contributed by atoms with Crippen molar-refractivity contribution in [1.29, 1.82) is 0 Å². The molecular weight excluding hydrogens is 376 g/mol. The van der Waals surface area contributed by atoms with Gasteiger partial charge in [-0.1, -0.05) is 35.5 Å². The molecule has 4 heterocycles. The Balaban J connectivity index is 1.48. The summed E-state index contributed by atoms with van der Waals surface area (Å²) >= 11 is 0. The summed E-state index contributed by atoms with van der Waals surface area (Å²) in [7, 11) is 0. The third-order valence-electron chi connectivity index (χ3n) is 5.85. The first kappa shape index (κ1) is 17.1. The van der Waals surface area contributed by atoms with Crippen LogP contribution in [0.5, 0.6) is 0 Å². The number of aliphatic imine (C=N–C) groups is 1. The maximum Gasteiger partial charge on any atom is 0.238 e. The van der Waals surface area contributed by atoms with E-state index in [4.69, 9.17) is 14.7 Å². The van der Waals surface area contributed by atoms with Crippen LogP contribution in [0.15, 0.2) is 60.0 Å². The smallest absolute Gasteiger partial charge is 0.238 e. The van der Waals surface area contributed by atoms with E-state index in [-0.39, 0.29) is 6.04 Å². The standard InChI is InChI=1S/C23H20N6O/c1-14-7-8-19-20(9-14)29-16(11-25-27-29)10-21-22(24-13-28(19)21)23-26-18(12-30-23)17-6-4-3-5-15(17)2/h3-9,11,13,18H,10,12H2,1-2H3/t18-/m1/s1. The van der Waals surface area contributed by atoms with Crippen LogP contribution >= 0.6 is 0 Å². The van der Waals surface area contributed by atoms with Crippen molar-refractivity contribution in [2.75, 3.05) is 6.61 Å². The van der Waals surface area contributed by atoms with Crippen LogP contribution in [-0.4, -0.2) is 37.0 Å². The lowest BCUT2D eigenvalue weighted by molar-refractivity contribution is 0.318. The predicted octanol–water partition coefficient (Wildman–Crippen LogP) is 3.49. The van der Waals surface area contributed by atoms with Gasteiger partial charge in [0.2, 0.25) is 5.90 Å². The molecule has 0 saturated carbocycles. The molecule has 0 N–H and O–H groups in total. The number of aromatic nitrogens is 5. The molecule has 6 rings (SSSR count). The molecule has 0 radical (unpaired) electrons. The summed E-state index contributed by atoms with van der Waals surface area (Å²) in [6.07, 6.45) is 4.31. The quantitative estimate of drug-likeness (QED) is 0.458. The largest absolute Gasteiger partial charge is 0.474 e. The number of benzene rings is 2. The van der Waals surface area contributed by atoms with Crippen LogP contribution in [0, 0.1) is 13.8 Å². The SMILES string of the molecule is Cc1ccc2c(c1)-n1nncc1Cc1c(C3=N[C@@H](c4ccccc4C)CO3)ncn1-2. The van der Waals surface area contributed by atoms with Crippen molar-refractivity contribution in [3.8, 4) is 11.4 Å². The number of hydrogen-bond donors (Lipinski definition) is 0. The number of ether oxygens (including phenoxy) is 1. The fourth-order valence-corrected chi connectivity index (χ4v) is 4.31. The Kier molecular flexibility index (Phi) is 3.65. The minimum absolute atomic E-state index is 0.00791. The fraction of sp³-hybridized carbons (Fsp3) is 0.217. The maximum atomic E-state index is 6.04. The Labute approximate surface area is 173 Å². The zero-order valence-corrected chi connectivity index (χ0v) is 16.8. The first-order valence-electron chi connectivity index (χ1n) is 10.0. The van der Waals surface area contributed by atoms with Gasteiger partial charge in [-0.05, 0) is 42.7 Å². The molecule has 0 fully saturated rings. The summed E-state index contributed by atoms with van der Waals surface area (Å²) in [5.74, 6) is 0.603. The predicted molar refractivity (Wildman–Crippen MR) is 112 cm³/mol. The molecule has 0 unspecified atom stereocenters. The van der Waals surface area contributed by atoms with Crippen LogP contribution in [0.1, 0.15) is 39.8 Å². The van der Waals surface area contributed by atoms with E-state index < -0.39 is 0 Å². The normalized spacial score (nSPS) is 16.9. The molecule has 1 atom stereocenters. The summed E-state index contributed by atoms with van der Waals surface area (Å²) in [4.78, 5) is 9.60. The van der Waals surface area contributed by atoms with E-state index >= 15 is 0 Å². The lowest BCUT2D eigenvalue weighted by Gasteiger charge is -2.10. The Morgan fingerprint density at radius 2 is 1.97 bits per heavy atom. The minimum Gasteiger partial charge on any atom is -0.474 e. The maximum absolute atomic E-state index is 6.04. The number of fused-ring (bicyclic) bond motifs is 5. The van der Waals surface area contributed by atoms with Gasteiger partial charge in [-0.15, -0.1) is 5.10 Å². The number of aryl methyl sites for hydroxylation is 2. The molecule has 2 aromatic heterocycles. The van der Waals surface area contributed by atoms with Crippen molar-refractivity contribution in [3.63, 3.8) is 0 Å². The molecule has 0 saturated heterocycles. The average Bonchev–Trinajstić information content (AvgIpc) is 3.47. The zero-order valence-electron chi connectivity index (χ0n) is 16.8. The summed E-state index contributed by atoms with van der Waals surface area (Å²) in [6, 6.07) is 14.6. The molecule has 0 bridgehead atoms. The van der Waals surface area contributed by atoms with Crippen molar-refractivity contribution < 1.29 is 4.74 Å². The minimum atomic E-state index is -0.00791. The van der Waals surface area contributed by atoms with Gasteiger partial charge in [0, 0.05) is 6.42 Å². The van der Waals surface area contributed by atoms with Gasteiger partial charge in [0.1, 0.15) is 24.7 Å². The number of nitrogens with zero attached hydrogens (tertiary/aromatic N) is 6. The lowest BCUT2D eigenvalue weighted by Crippen LogP contribution is -2.08. The molecule has 7 heteroatoms. The molecule has 2 aliphatic rings. The van der Waals surface area contributed by atoms with E-state index in [0.29, 0.717) is 18.9 Å². The second-order valence-electron chi connectivity index (χ2n) is 7.83. The lowest BCUT2D eigenvalue weighted by atomic mass is 10.0. The Hall–Kier alpha value is -3.74. The van der Waals surface area contributed by atoms with Gasteiger partial charge in [-0.3, -0.25) is 4.57 Å². The second-order valence-corrected chi connectivity index (χ2v) is 7.83. The molecule has 2 aliphatic heterocycles. The van der Waals surface area contributed by atoms with Gasteiger partial charge < -0.3 is 4.74 Å². The topological polar surface area (TPSA) is 70.1 Å². The van der Waals surface area contributed by atoms with Crippen LogP contribution in [0.4, 0.5) is 0 Å². The molecule has 30 heavy (non-hydrogen) atoms. The van der Waals surface area contributed by atoms with Crippen molar-refractivity contribution in [1.82, 2.24) is 24.5 Å². The van der Waals surface area contributed by atoms with E-state index in [1.54, 1.807) is 0 Å². The Morgan fingerprint density at radius 3 is 2.87 bits per heavy atom. The van der Waals surface area contributed by atoms with E-state index in [0.717, 1.165) is 28.5 Å². The molecule has 148 valence electrons. The van der Waals surface area contributed by atoms with Crippen molar-refractivity contribution in [3.05, 3.63) is 88.8 Å². The highest BCUT2D eigenvalue weighted by molar-refractivity contribution is 5.95. The highest BCUT2D eigenvalue weighted by Gasteiger charge is 2.30. The third kappa shape index (κ3) is 2.51. The van der Waals surface area contributed by atoms with Gasteiger partial charge in [-0.25, -0.2) is 14.7 Å². The molecule has 7 nitrogen and oxygen atoms in total. The van der Waals surface area contributed by atoms with Crippen LogP contribution in [-0.2, 0) is 11.2 Å². The summed E-state index contributed by atoms with van der Waals surface area (Å²) in [5.41, 5.74) is 8.43. The van der Waals surface area contributed by atoms with E-state index in [2.05, 4.69) is 59.1 Å². The number of imidazole rings is 1. The summed E-state index contributed by atoms with van der Waals surface area (Å²) < 4.78 is 10.1. The summed E-state index contributed by atoms with van der Waals surface area (Å²) in [5, 5.41) is 8.46. The highest BCUT2D eigenvalue weighted by Crippen LogP contribution is 2.32. The van der Waals surface area contributed by atoms with Gasteiger partial charge in [-0.2, -0.15) is 0 Å². The van der Waals surface area contributed by atoms with Crippen molar-refractivity contribution in [2.24, 2.45) is 4.99 Å². The molecule has 2 aromatic carbocycles. The van der Waals surface area contributed by atoms with Crippen LogP contribution < -0.4 is 0 Å². The average molecular weight is 396 g/mol. The second kappa shape index (κ2) is 6.38. The van der Waals surface area contributed by atoms with Gasteiger partial charge in [0.25, 0.3) is 0 Å². The highest BCUT2D eigenvalue weighted by atomic mass is 16.5. The number of rotatable bonds is 2. The van der Waals surface area contributed by atoms with E-state index in [1.165, 1.54) is 16.7 Å². The molecule has 0 amide bonds. The van der Waals surface area contributed by atoms with Gasteiger partial charge >= 0.3 is 0 Å². The van der Waals surface area contributed by atoms with Gasteiger partial charge in [0.15, 0.2) is 0 Å². The van der Waals surface area contributed by atoms with Crippen LogP contribution in [0.3, 0.4) is 0 Å². The Bertz CT molecular complexity index is 1310. The van der Waals surface area contributed by atoms with E-state index in [9.17, 15) is 0 Å². The zero-order chi connectivity index (χ0) is 20.2. The van der Waals surface area contributed by atoms with Gasteiger partial charge in [0.05, 0.1) is 29.0 Å². The van der Waals surface area contributed by atoms with Crippen molar-refractivity contribution in [2.45, 2.75) is 26.3 Å². The van der Waals surface area contributed by atoms with E-state index in [1.807, 2.05) is 29.3 Å². The molecule has 0 spiro atoms.